The van der Waals surface area contributed by atoms with Crippen LogP contribution in [0.1, 0.15) is 43.6 Å². The van der Waals surface area contributed by atoms with E-state index >= 15 is 0 Å². The number of methoxy groups -OCH3 is 2. The molecule has 0 radical (unpaired) electrons. The zero-order valence-electron chi connectivity index (χ0n) is 19.8. The maximum Gasteiger partial charge on any atom is 0.150 e. The van der Waals surface area contributed by atoms with Gasteiger partial charge in [0.25, 0.3) is 0 Å². The maximum absolute atomic E-state index is 6.25. The van der Waals surface area contributed by atoms with Crippen molar-refractivity contribution in [2.24, 2.45) is 16.8 Å². The molecule has 1 aliphatic rings. The molecule has 0 amide bonds. The highest BCUT2D eigenvalue weighted by Crippen LogP contribution is 2.33. The third kappa shape index (κ3) is 6.78. The van der Waals surface area contributed by atoms with Gasteiger partial charge in [0.05, 0.1) is 37.8 Å². The van der Waals surface area contributed by atoms with Gasteiger partial charge in [-0.1, -0.05) is 44.2 Å². The quantitative estimate of drug-likeness (QED) is 0.473. The minimum Gasteiger partial charge on any atom is -0.491 e. The maximum atomic E-state index is 6.25. The number of pyridine rings is 1. The van der Waals surface area contributed by atoms with Gasteiger partial charge in [-0.25, -0.2) is 4.98 Å². The van der Waals surface area contributed by atoms with Gasteiger partial charge in [0.2, 0.25) is 0 Å². The van der Waals surface area contributed by atoms with Crippen LogP contribution >= 0.6 is 0 Å². The lowest BCUT2D eigenvalue weighted by Crippen LogP contribution is -2.18. The van der Waals surface area contributed by atoms with Gasteiger partial charge in [-0.2, -0.15) is 0 Å². The number of ether oxygens (including phenoxy) is 4. The molecule has 6 nitrogen and oxygen atoms in total. The molecule has 2 aromatic rings. The predicted molar refractivity (Wildman–Crippen MR) is 127 cm³/mol. The Bertz CT molecular complexity index is 868. The molecule has 0 bridgehead atoms. The first-order chi connectivity index (χ1) is 15.6. The molecule has 0 N–H and O–H groups in total. The lowest BCUT2D eigenvalue weighted by Gasteiger charge is -2.17. The van der Waals surface area contributed by atoms with E-state index in [2.05, 4.69) is 26.0 Å². The number of benzene rings is 1. The summed E-state index contributed by atoms with van der Waals surface area (Å²) in [5.41, 5.74) is 3.90. The molecule has 0 aliphatic carbocycles. The molecule has 1 atom stereocenters. The van der Waals surface area contributed by atoms with Gasteiger partial charge in [-0.05, 0) is 17.9 Å². The minimum absolute atomic E-state index is 0.382. The van der Waals surface area contributed by atoms with Gasteiger partial charge in [0.15, 0.2) is 5.75 Å². The van der Waals surface area contributed by atoms with Gasteiger partial charge in [0, 0.05) is 45.7 Å². The van der Waals surface area contributed by atoms with Gasteiger partial charge < -0.3 is 18.9 Å². The van der Waals surface area contributed by atoms with Gasteiger partial charge in [-0.15, -0.1) is 0 Å². The average molecular weight is 441 g/mol. The number of fused-ring (bicyclic) bond motifs is 1. The predicted octanol–water partition coefficient (Wildman–Crippen LogP) is 4.73. The van der Waals surface area contributed by atoms with Crippen LogP contribution in [0.4, 0.5) is 0 Å². The van der Waals surface area contributed by atoms with E-state index in [9.17, 15) is 0 Å². The molecule has 0 saturated carbocycles. The number of aromatic nitrogens is 1. The van der Waals surface area contributed by atoms with Crippen LogP contribution in [0.5, 0.6) is 11.5 Å². The van der Waals surface area contributed by atoms with E-state index < -0.39 is 0 Å². The monoisotopic (exact) mass is 440 g/mol. The summed E-state index contributed by atoms with van der Waals surface area (Å²) in [5, 5.41) is 0. The Balaban J connectivity index is 1.94. The highest BCUT2D eigenvalue weighted by molar-refractivity contribution is 6.01. The van der Waals surface area contributed by atoms with E-state index in [-0.39, 0.29) is 0 Å². The number of nitrogens with zero attached hydrogens (tertiary/aromatic N) is 2. The van der Waals surface area contributed by atoms with Crippen molar-refractivity contribution in [3.05, 3.63) is 53.3 Å². The molecule has 0 saturated heterocycles. The van der Waals surface area contributed by atoms with E-state index in [0.29, 0.717) is 51.2 Å². The number of rotatable bonds is 11. The van der Waals surface area contributed by atoms with E-state index in [1.54, 1.807) is 14.2 Å². The van der Waals surface area contributed by atoms with Crippen LogP contribution in [-0.2, 0) is 22.4 Å². The molecule has 0 spiro atoms. The van der Waals surface area contributed by atoms with E-state index in [4.69, 9.17) is 28.9 Å². The third-order valence-corrected chi connectivity index (χ3v) is 5.74. The van der Waals surface area contributed by atoms with Crippen molar-refractivity contribution < 1.29 is 18.9 Å². The third-order valence-electron chi connectivity index (χ3n) is 5.74. The molecule has 32 heavy (non-hydrogen) atoms. The Morgan fingerprint density at radius 2 is 1.88 bits per heavy atom. The van der Waals surface area contributed by atoms with Crippen LogP contribution in [0.2, 0.25) is 0 Å². The van der Waals surface area contributed by atoms with Crippen molar-refractivity contribution >= 4 is 5.71 Å². The molecule has 1 aromatic carbocycles. The van der Waals surface area contributed by atoms with Crippen molar-refractivity contribution in [3.8, 4) is 11.5 Å². The smallest absolute Gasteiger partial charge is 0.150 e. The lowest BCUT2D eigenvalue weighted by atomic mass is 9.91. The van der Waals surface area contributed by atoms with E-state index in [0.717, 1.165) is 41.4 Å². The molecule has 174 valence electrons. The largest absolute Gasteiger partial charge is 0.491 e. The number of hydrogen-bond acceptors (Lipinski definition) is 6. The Morgan fingerprint density at radius 1 is 1.09 bits per heavy atom. The standard InChI is InChI=1S/C26H36N2O4/c1-19(2)21-15-23(27-17-20-9-6-5-7-10-20)26-25(32-18-21)16-24(31-13-8-12-29-3)22(28-26)11-14-30-4/h5-7,9-10,16,19,21H,8,11-15,17-18H2,1-4H3. The second-order valence-electron chi connectivity index (χ2n) is 8.49. The summed E-state index contributed by atoms with van der Waals surface area (Å²) in [6, 6.07) is 12.3. The molecule has 1 aromatic heterocycles. The molecule has 0 fully saturated rings. The Labute approximate surface area is 192 Å². The van der Waals surface area contributed by atoms with Crippen molar-refractivity contribution in [2.75, 3.05) is 40.6 Å². The Morgan fingerprint density at radius 3 is 2.59 bits per heavy atom. The zero-order valence-corrected chi connectivity index (χ0v) is 19.8. The summed E-state index contributed by atoms with van der Waals surface area (Å²) < 4.78 is 22.8. The Kier molecular flexibility index (Phi) is 9.50. The fourth-order valence-electron chi connectivity index (χ4n) is 3.66. The van der Waals surface area contributed by atoms with Crippen LogP contribution in [-0.4, -0.2) is 51.3 Å². The number of aliphatic imine (C=N–C) groups is 1. The summed E-state index contributed by atoms with van der Waals surface area (Å²) in [4.78, 5) is 10.0. The second-order valence-corrected chi connectivity index (χ2v) is 8.49. The first-order valence-corrected chi connectivity index (χ1v) is 11.5. The molecule has 2 heterocycles. The van der Waals surface area contributed by atoms with Crippen LogP contribution in [0.25, 0.3) is 0 Å². The molecule has 6 heteroatoms. The molecule has 1 unspecified atom stereocenters. The highest BCUT2D eigenvalue weighted by atomic mass is 16.5. The highest BCUT2D eigenvalue weighted by Gasteiger charge is 2.27. The molecular formula is C26H36N2O4. The SMILES string of the molecule is COCCCOc1cc2c(nc1CCOC)C(=NCc1ccccc1)CC(C(C)C)CO2. The van der Waals surface area contributed by atoms with Crippen molar-refractivity contribution in [2.45, 2.75) is 39.7 Å². The minimum atomic E-state index is 0.382. The normalized spacial score (nSPS) is 17.2. The van der Waals surface area contributed by atoms with E-state index in [1.165, 1.54) is 5.56 Å². The molecule has 3 rings (SSSR count). The van der Waals surface area contributed by atoms with Crippen LogP contribution in [0.15, 0.2) is 41.4 Å². The van der Waals surface area contributed by atoms with Gasteiger partial charge in [0.1, 0.15) is 11.4 Å². The zero-order chi connectivity index (χ0) is 22.8. The van der Waals surface area contributed by atoms with E-state index in [1.807, 2.05) is 24.3 Å². The summed E-state index contributed by atoms with van der Waals surface area (Å²) in [7, 11) is 3.40. The summed E-state index contributed by atoms with van der Waals surface area (Å²) in [5.74, 6) is 2.38. The first-order valence-electron chi connectivity index (χ1n) is 11.5. The molecular weight excluding hydrogens is 404 g/mol. The van der Waals surface area contributed by atoms with Crippen LogP contribution in [0, 0.1) is 11.8 Å². The summed E-state index contributed by atoms with van der Waals surface area (Å²) in [6.07, 6.45) is 2.34. The summed E-state index contributed by atoms with van der Waals surface area (Å²) in [6.45, 7) is 7.56. The fraction of sp³-hybridized carbons (Fsp3) is 0.538. The average Bonchev–Trinajstić information content (AvgIpc) is 2.99. The van der Waals surface area contributed by atoms with Crippen molar-refractivity contribution in [1.82, 2.24) is 4.98 Å². The van der Waals surface area contributed by atoms with Gasteiger partial charge >= 0.3 is 0 Å². The Hall–Kier alpha value is -2.44. The van der Waals surface area contributed by atoms with Crippen molar-refractivity contribution in [3.63, 3.8) is 0 Å². The molecule has 1 aliphatic heterocycles. The van der Waals surface area contributed by atoms with Crippen LogP contribution < -0.4 is 9.47 Å². The fourth-order valence-corrected chi connectivity index (χ4v) is 3.66. The number of hydrogen-bond donors (Lipinski definition) is 0. The second kappa shape index (κ2) is 12.6. The topological polar surface area (TPSA) is 62.2 Å². The summed E-state index contributed by atoms with van der Waals surface area (Å²) >= 11 is 0. The first kappa shape index (κ1) is 24.2. The lowest BCUT2D eigenvalue weighted by molar-refractivity contribution is 0.170. The van der Waals surface area contributed by atoms with Crippen molar-refractivity contribution in [1.29, 1.82) is 0 Å². The van der Waals surface area contributed by atoms with Gasteiger partial charge in [-0.3, -0.25) is 4.99 Å². The van der Waals surface area contributed by atoms with Crippen LogP contribution in [0.3, 0.4) is 0 Å².